The third-order valence-corrected chi connectivity index (χ3v) is 6.84. The van der Waals surface area contributed by atoms with Gasteiger partial charge in [0.15, 0.2) is 6.23 Å². The van der Waals surface area contributed by atoms with Crippen molar-refractivity contribution >= 4 is 51.8 Å². The van der Waals surface area contributed by atoms with E-state index < -0.39 is 6.23 Å². The smallest absolute Gasteiger partial charge is 0.265 e. The first-order valence-corrected chi connectivity index (χ1v) is 11.3. The molecule has 2 N–H and O–H groups in total. The molecule has 0 saturated carbocycles. The van der Waals surface area contributed by atoms with Crippen LogP contribution in [-0.2, 0) is 11.3 Å². The van der Waals surface area contributed by atoms with E-state index in [2.05, 4.69) is 5.32 Å². The lowest BCUT2D eigenvalue weighted by molar-refractivity contribution is 0.00633. The van der Waals surface area contributed by atoms with Crippen LogP contribution in [-0.4, -0.2) is 42.9 Å². The van der Waals surface area contributed by atoms with Gasteiger partial charge in [-0.25, -0.2) is 0 Å². The third kappa shape index (κ3) is 3.86. The fourth-order valence-electron chi connectivity index (χ4n) is 3.99. The third-order valence-electron chi connectivity index (χ3n) is 5.61. The number of amides is 2. The summed E-state index contributed by atoms with van der Waals surface area (Å²) in [4.78, 5) is 29.7. The van der Waals surface area contributed by atoms with Gasteiger partial charge in [0.05, 0.1) is 29.0 Å². The van der Waals surface area contributed by atoms with Crippen molar-refractivity contribution in [2.75, 3.05) is 34.9 Å². The van der Waals surface area contributed by atoms with Crippen LogP contribution >= 0.6 is 22.9 Å². The fourth-order valence-corrected chi connectivity index (χ4v) is 4.93. The number of thiophene rings is 1. The van der Waals surface area contributed by atoms with Crippen LogP contribution in [0.25, 0.3) is 0 Å². The van der Waals surface area contributed by atoms with Crippen molar-refractivity contribution in [3.8, 4) is 0 Å². The van der Waals surface area contributed by atoms with Crippen LogP contribution in [0.1, 0.15) is 25.6 Å². The van der Waals surface area contributed by atoms with Gasteiger partial charge in [0.2, 0.25) is 0 Å². The largest absolute Gasteiger partial charge is 0.375 e. The van der Waals surface area contributed by atoms with Gasteiger partial charge >= 0.3 is 0 Å². The lowest BCUT2D eigenvalue weighted by atomic mass is 10.1. The van der Waals surface area contributed by atoms with Crippen LogP contribution < -0.4 is 15.1 Å². The molecule has 7 nitrogen and oxygen atoms in total. The van der Waals surface area contributed by atoms with E-state index in [0.717, 1.165) is 16.9 Å². The van der Waals surface area contributed by atoms with Crippen LogP contribution in [0.3, 0.4) is 0 Å². The normalized spacial score (nSPS) is 18.1. The molecule has 1 atom stereocenters. The molecule has 0 aliphatic carbocycles. The summed E-state index contributed by atoms with van der Waals surface area (Å²) in [7, 11) is 0. The average Bonchev–Trinajstić information content (AvgIpc) is 3.39. The topological polar surface area (TPSA) is 82.1 Å². The molecular weight excluding hydrogens is 450 g/mol. The second-order valence-electron chi connectivity index (χ2n) is 7.55. The summed E-state index contributed by atoms with van der Waals surface area (Å²) < 4.78 is 5.82. The van der Waals surface area contributed by atoms with Gasteiger partial charge in [0.1, 0.15) is 0 Å². The monoisotopic (exact) mass is 469 g/mol. The van der Waals surface area contributed by atoms with Crippen molar-refractivity contribution < 1.29 is 19.4 Å². The predicted octanol–water partition coefficient (Wildman–Crippen LogP) is 3.97. The fraction of sp³-hybridized carbons (Fsp3) is 0.217. The second kappa shape index (κ2) is 8.55. The molecule has 32 heavy (non-hydrogen) atoms. The molecule has 164 valence electrons. The lowest BCUT2D eigenvalue weighted by Gasteiger charge is -2.34. The Balaban J connectivity index is 1.36. The minimum atomic E-state index is -0.684. The van der Waals surface area contributed by atoms with Gasteiger partial charge in [-0.05, 0) is 48.5 Å². The number of hydrogen-bond donors (Lipinski definition) is 2. The molecule has 1 fully saturated rings. The van der Waals surface area contributed by atoms with E-state index in [1.165, 1.54) is 11.3 Å². The zero-order valence-corrected chi connectivity index (χ0v) is 18.5. The molecule has 2 aliphatic rings. The first-order chi connectivity index (χ1) is 15.5. The number of aliphatic hydroxyl groups is 1. The summed E-state index contributed by atoms with van der Waals surface area (Å²) in [6.45, 7) is 1.79. The van der Waals surface area contributed by atoms with Gasteiger partial charge in [-0.3, -0.25) is 9.59 Å². The number of rotatable bonds is 4. The summed E-state index contributed by atoms with van der Waals surface area (Å²) in [6.07, 6.45) is -0.684. The number of carbonyl (C=O) groups is 2. The molecule has 1 unspecified atom stereocenters. The number of benzene rings is 2. The molecule has 2 aromatic carbocycles. The Bertz CT molecular complexity index is 1180. The summed E-state index contributed by atoms with van der Waals surface area (Å²) >= 11 is 7.15. The van der Waals surface area contributed by atoms with Gasteiger partial charge in [0.25, 0.3) is 11.8 Å². The van der Waals surface area contributed by atoms with Gasteiger partial charge in [0, 0.05) is 34.7 Å². The Morgan fingerprint density at radius 1 is 1.12 bits per heavy atom. The van der Waals surface area contributed by atoms with E-state index in [4.69, 9.17) is 16.3 Å². The van der Waals surface area contributed by atoms with E-state index in [1.807, 2.05) is 29.2 Å². The highest BCUT2D eigenvalue weighted by atomic mass is 35.5. The van der Waals surface area contributed by atoms with Crippen molar-refractivity contribution in [3.05, 3.63) is 74.9 Å². The molecule has 1 saturated heterocycles. The molecule has 0 spiro atoms. The predicted molar refractivity (Wildman–Crippen MR) is 125 cm³/mol. The number of fused-ring (bicyclic) bond motifs is 1. The Morgan fingerprint density at radius 2 is 1.91 bits per heavy atom. The second-order valence-corrected chi connectivity index (χ2v) is 9.26. The number of aliphatic hydroxyl groups excluding tert-OH is 1. The lowest BCUT2D eigenvalue weighted by Crippen LogP contribution is -2.45. The number of carbonyl (C=O) groups excluding carboxylic acids is 2. The van der Waals surface area contributed by atoms with Crippen LogP contribution in [0, 0.1) is 0 Å². The van der Waals surface area contributed by atoms with Crippen LogP contribution in [0.5, 0.6) is 0 Å². The number of nitrogens with zero attached hydrogens (tertiary/aromatic N) is 2. The minimum Gasteiger partial charge on any atom is -0.375 e. The Hall–Kier alpha value is -2.91. The van der Waals surface area contributed by atoms with Gasteiger partial charge in [-0.1, -0.05) is 17.7 Å². The van der Waals surface area contributed by atoms with Crippen LogP contribution in [0.4, 0.5) is 17.1 Å². The maximum Gasteiger partial charge on any atom is 0.265 e. The molecule has 3 aromatic rings. The van der Waals surface area contributed by atoms with Gasteiger partial charge < -0.3 is 25.0 Å². The number of nitrogens with one attached hydrogen (secondary N) is 1. The van der Waals surface area contributed by atoms with Crippen LogP contribution in [0.15, 0.2) is 54.6 Å². The minimum absolute atomic E-state index is 0.116. The average molecular weight is 470 g/mol. The first kappa shape index (κ1) is 21.0. The van der Waals surface area contributed by atoms with Crippen molar-refractivity contribution in [3.63, 3.8) is 0 Å². The zero-order valence-electron chi connectivity index (χ0n) is 17.0. The van der Waals surface area contributed by atoms with E-state index in [9.17, 15) is 14.7 Å². The van der Waals surface area contributed by atoms with Gasteiger partial charge in [-0.15, -0.1) is 11.3 Å². The maximum absolute atomic E-state index is 13.1. The molecule has 1 aromatic heterocycles. The highest BCUT2D eigenvalue weighted by Crippen LogP contribution is 2.34. The summed E-state index contributed by atoms with van der Waals surface area (Å²) in [5.74, 6) is -0.371. The van der Waals surface area contributed by atoms with E-state index >= 15 is 0 Å². The summed E-state index contributed by atoms with van der Waals surface area (Å²) in [6, 6.07) is 16.2. The number of morpholine rings is 1. The highest BCUT2D eigenvalue weighted by molar-refractivity contribution is 7.18. The van der Waals surface area contributed by atoms with Crippen molar-refractivity contribution in [1.82, 2.24) is 0 Å². The van der Waals surface area contributed by atoms with Crippen molar-refractivity contribution in [2.45, 2.75) is 12.8 Å². The molecule has 0 bridgehead atoms. The molecule has 9 heteroatoms. The zero-order chi connectivity index (χ0) is 22.2. The Labute approximate surface area is 193 Å². The Kier molecular flexibility index (Phi) is 5.60. The highest BCUT2D eigenvalue weighted by Gasteiger charge is 2.31. The number of ether oxygens (including phenoxy) is 1. The molecule has 3 heterocycles. The first-order valence-electron chi connectivity index (χ1n) is 10.1. The quantitative estimate of drug-likeness (QED) is 0.604. The molecule has 2 amide bonds. The standard InChI is InChI=1S/C23H20ClN3O4S/c24-20-9-8-19(32-20)22(29)25-18-3-1-2-16-17(18)12-27(23(16)30)15-6-4-14(5-7-15)26-10-11-31-13-21(26)28/h1-9,21,28H,10-13H2,(H,25,29). The van der Waals surface area contributed by atoms with E-state index in [-0.39, 0.29) is 18.4 Å². The number of halogens is 1. The maximum atomic E-state index is 13.1. The number of hydrogen-bond acceptors (Lipinski definition) is 6. The summed E-state index contributed by atoms with van der Waals surface area (Å²) in [5.41, 5.74) is 3.58. The van der Waals surface area contributed by atoms with Crippen molar-refractivity contribution in [1.29, 1.82) is 0 Å². The molecule has 2 aliphatic heterocycles. The number of anilines is 3. The molecular formula is C23H20ClN3O4S. The molecule has 0 radical (unpaired) electrons. The summed E-state index contributed by atoms with van der Waals surface area (Å²) in [5, 5.41) is 13.1. The Morgan fingerprint density at radius 3 is 2.62 bits per heavy atom. The van der Waals surface area contributed by atoms with E-state index in [1.54, 1.807) is 35.2 Å². The van der Waals surface area contributed by atoms with E-state index in [0.29, 0.717) is 40.2 Å². The SMILES string of the molecule is O=C(Nc1cccc2c1CN(c1ccc(N3CCOCC3O)cc1)C2=O)c1ccc(Cl)s1. The molecule has 5 rings (SSSR count). The van der Waals surface area contributed by atoms with Crippen LogP contribution in [0.2, 0.25) is 4.34 Å². The van der Waals surface area contributed by atoms with Crippen molar-refractivity contribution in [2.24, 2.45) is 0 Å². The van der Waals surface area contributed by atoms with Gasteiger partial charge in [-0.2, -0.15) is 0 Å².